The first-order valence-electron chi connectivity index (χ1n) is 6.78. The zero-order valence-corrected chi connectivity index (χ0v) is 13.9. The summed E-state index contributed by atoms with van der Waals surface area (Å²) in [5.41, 5.74) is 4.39. The number of nitrogens with one attached hydrogen (secondary N) is 1. The molecule has 0 bridgehead atoms. The van der Waals surface area contributed by atoms with Crippen LogP contribution in [0.25, 0.3) is 0 Å². The molecular weight excluding hydrogens is 286 g/mol. The van der Waals surface area contributed by atoms with E-state index in [1.165, 1.54) is 0 Å². The molecule has 0 radical (unpaired) electrons. The Labute approximate surface area is 126 Å². The largest absolute Gasteiger partial charge is 0.271 e. The monoisotopic (exact) mass is 307 g/mol. The average Bonchev–Trinajstić information content (AvgIpc) is 2.80. The minimum atomic E-state index is -3.55. The normalized spacial score (nSPS) is 11.9. The van der Waals surface area contributed by atoms with Crippen LogP contribution in [0.15, 0.2) is 23.2 Å². The number of aryl methyl sites for hydroxylation is 3. The fourth-order valence-corrected chi connectivity index (χ4v) is 4.01. The van der Waals surface area contributed by atoms with Gasteiger partial charge in [0.05, 0.1) is 17.1 Å². The summed E-state index contributed by atoms with van der Waals surface area (Å²) in [6.45, 7) is 7.79. The van der Waals surface area contributed by atoms with Gasteiger partial charge in [0.1, 0.15) is 0 Å². The first kappa shape index (κ1) is 15.7. The molecule has 1 heterocycles. The molecule has 0 amide bonds. The molecule has 114 valence electrons. The molecule has 2 aromatic rings. The van der Waals surface area contributed by atoms with Crippen molar-refractivity contribution in [2.45, 2.75) is 39.1 Å². The van der Waals surface area contributed by atoms with Crippen LogP contribution in [-0.2, 0) is 23.6 Å². The van der Waals surface area contributed by atoms with Crippen LogP contribution in [0.1, 0.15) is 27.9 Å². The molecule has 6 heteroatoms. The molecule has 0 aliphatic heterocycles. The van der Waals surface area contributed by atoms with Gasteiger partial charge in [0.2, 0.25) is 10.0 Å². The molecule has 1 N–H and O–H groups in total. The van der Waals surface area contributed by atoms with E-state index in [4.69, 9.17) is 0 Å². The first-order valence-corrected chi connectivity index (χ1v) is 8.26. The predicted octanol–water partition coefficient (Wildman–Crippen LogP) is 2.13. The predicted molar refractivity (Wildman–Crippen MR) is 82.6 cm³/mol. The Balaban J connectivity index is 2.39. The highest BCUT2D eigenvalue weighted by Crippen LogP contribution is 2.25. The van der Waals surface area contributed by atoms with Crippen molar-refractivity contribution < 1.29 is 8.42 Å². The number of hydrogen-bond donors (Lipinski definition) is 1. The van der Waals surface area contributed by atoms with E-state index in [2.05, 4.69) is 9.82 Å². The molecule has 21 heavy (non-hydrogen) atoms. The van der Waals surface area contributed by atoms with Crippen molar-refractivity contribution in [2.75, 3.05) is 0 Å². The van der Waals surface area contributed by atoms with Gasteiger partial charge >= 0.3 is 0 Å². The van der Waals surface area contributed by atoms with Crippen molar-refractivity contribution in [2.24, 2.45) is 7.05 Å². The number of benzene rings is 1. The van der Waals surface area contributed by atoms with E-state index in [0.29, 0.717) is 4.90 Å². The molecule has 2 rings (SSSR count). The van der Waals surface area contributed by atoms with Gasteiger partial charge in [0.15, 0.2) is 0 Å². The Morgan fingerprint density at radius 3 is 2.19 bits per heavy atom. The van der Waals surface area contributed by atoms with E-state index in [9.17, 15) is 8.42 Å². The Bertz CT molecular complexity index is 750. The lowest BCUT2D eigenvalue weighted by atomic mass is 10.0. The highest BCUT2D eigenvalue weighted by Gasteiger charge is 2.22. The number of aromatic nitrogens is 2. The zero-order chi connectivity index (χ0) is 15.8. The lowest BCUT2D eigenvalue weighted by Crippen LogP contribution is -2.26. The van der Waals surface area contributed by atoms with Gasteiger partial charge in [-0.05, 0) is 56.0 Å². The molecule has 0 atom stereocenters. The van der Waals surface area contributed by atoms with E-state index < -0.39 is 10.0 Å². The number of nitrogens with zero attached hydrogens (tertiary/aromatic N) is 2. The second-order valence-electron chi connectivity index (χ2n) is 5.36. The van der Waals surface area contributed by atoms with Crippen LogP contribution < -0.4 is 4.72 Å². The first-order chi connectivity index (χ1) is 9.74. The Kier molecular flexibility index (Phi) is 4.20. The van der Waals surface area contributed by atoms with Crippen molar-refractivity contribution in [1.29, 1.82) is 0 Å². The van der Waals surface area contributed by atoms with E-state index in [1.54, 1.807) is 24.0 Å². The van der Waals surface area contributed by atoms with E-state index in [-0.39, 0.29) is 6.54 Å². The maximum absolute atomic E-state index is 12.6. The summed E-state index contributed by atoms with van der Waals surface area (Å²) < 4.78 is 29.6. The van der Waals surface area contributed by atoms with Crippen molar-refractivity contribution in [1.82, 2.24) is 14.5 Å². The Morgan fingerprint density at radius 1 is 1.14 bits per heavy atom. The minimum absolute atomic E-state index is 0.227. The lowest BCUT2D eigenvalue weighted by Gasteiger charge is -2.16. The van der Waals surface area contributed by atoms with Crippen LogP contribution in [0.2, 0.25) is 0 Å². The zero-order valence-electron chi connectivity index (χ0n) is 13.1. The average molecular weight is 307 g/mol. The summed E-state index contributed by atoms with van der Waals surface area (Å²) in [5, 5.41) is 4.04. The fraction of sp³-hybridized carbons (Fsp3) is 0.400. The SMILES string of the molecule is Cc1cc(C)c(C)c(S(=O)(=O)NCc2ccnn2C)c1C. The Hall–Kier alpha value is -1.66. The highest BCUT2D eigenvalue weighted by molar-refractivity contribution is 7.89. The molecule has 1 aromatic carbocycles. The van der Waals surface area contributed by atoms with Gasteiger partial charge in [-0.1, -0.05) is 6.07 Å². The quantitative estimate of drug-likeness (QED) is 0.941. The van der Waals surface area contributed by atoms with Gasteiger partial charge in [-0.3, -0.25) is 4.68 Å². The lowest BCUT2D eigenvalue weighted by molar-refractivity contribution is 0.575. The van der Waals surface area contributed by atoms with Gasteiger partial charge in [0, 0.05) is 13.2 Å². The summed E-state index contributed by atoms with van der Waals surface area (Å²) in [5.74, 6) is 0. The molecule has 0 unspecified atom stereocenters. The molecule has 0 aliphatic carbocycles. The summed E-state index contributed by atoms with van der Waals surface area (Å²) >= 11 is 0. The van der Waals surface area contributed by atoms with Gasteiger partial charge < -0.3 is 0 Å². The van der Waals surface area contributed by atoms with Crippen molar-refractivity contribution in [3.8, 4) is 0 Å². The maximum atomic E-state index is 12.6. The molecule has 1 aromatic heterocycles. The third-order valence-corrected chi connectivity index (χ3v) is 5.61. The number of rotatable bonds is 4. The van der Waals surface area contributed by atoms with Crippen LogP contribution in [0.5, 0.6) is 0 Å². The molecular formula is C15H21N3O2S. The Morgan fingerprint density at radius 2 is 1.71 bits per heavy atom. The van der Waals surface area contributed by atoms with Gasteiger partial charge in [-0.25, -0.2) is 13.1 Å². The second-order valence-corrected chi connectivity index (χ2v) is 7.06. The highest BCUT2D eigenvalue weighted by atomic mass is 32.2. The number of sulfonamides is 1. The van der Waals surface area contributed by atoms with Crippen LogP contribution >= 0.6 is 0 Å². The third kappa shape index (κ3) is 3.01. The summed E-state index contributed by atoms with van der Waals surface area (Å²) in [4.78, 5) is 0.391. The number of hydrogen-bond acceptors (Lipinski definition) is 3. The van der Waals surface area contributed by atoms with E-state index in [0.717, 1.165) is 27.9 Å². The molecule has 0 aliphatic rings. The molecule has 5 nitrogen and oxygen atoms in total. The van der Waals surface area contributed by atoms with Crippen molar-refractivity contribution in [3.63, 3.8) is 0 Å². The minimum Gasteiger partial charge on any atom is -0.271 e. The maximum Gasteiger partial charge on any atom is 0.241 e. The summed E-state index contributed by atoms with van der Waals surface area (Å²) in [7, 11) is -1.76. The van der Waals surface area contributed by atoms with Crippen molar-refractivity contribution in [3.05, 3.63) is 46.3 Å². The smallest absolute Gasteiger partial charge is 0.241 e. The van der Waals surface area contributed by atoms with Crippen LogP contribution in [0.3, 0.4) is 0 Å². The van der Waals surface area contributed by atoms with Crippen LogP contribution in [0.4, 0.5) is 0 Å². The van der Waals surface area contributed by atoms with E-state index in [1.807, 2.05) is 33.8 Å². The van der Waals surface area contributed by atoms with Crippen LogP contribution in [0, 0.1) is 27.7 Å². The van der Waals surface area contributed by atoms with Gasteiger partial charge in [-0.15, -0.1) is 0 Å². The molecule has 0 saturated heterocycles. The molecule has 0 saturated carbocycles. The van der Waals surface area contributed by atoms with Crippen LogP contribution in [-0.4, -0.2) is 18.2 Å². The molecule has 0 fully saturated rings. The third-order valence-electron chi connectivity index (χ3n) is 3.93. The fourth-order valence-electron chi connectivity index (χ4n) is 2.40. The van der Waals surface area contributed by atoms with Crippen molar-refractivity contribution >= 4 is 10.0 Å². The van der Waals surface area contributed by atoms with Gasteiger partial charge in [0.25, 0.3) is 0 Å². The summed E-state index contributed by atoms with van der Waals surface area (Å²) in [6.07, 6.45) is 1.65. The van der Waals surface area contributed by atoms with Gasteiger partial charge in [-0.2, -0.15) is 5.10 Å². The summed E-state index contributed by atoms with van der Waals surface area (Å²) in [6, 6.07) is 3.81. The van der Waals surface area contributed by atoms with E-state index >= 15 is 0 Å². The second kappa shape index (κ2) is 5.61. The standard InChI is InChI=1S/C15H21N3O2S/c1-10-8-11(2)13(4)15(12(10)3)21(19,20)17-9-14-6-7-16-18(14)5/h6-8,17H,9H2,1-5H3. The topological polar surface area (TPSA) is 64.0 Å². The molecule has 0 spiro atoms.